The summed E-state index contributed by atoms with van der Waals surface area (Å²) in [7, 11) is 0. The highest BCUT2D eigenvalue weighted by molar-refractivity contribution is 5.92. The van der Waals surface area contributed by atoms with Crippen LogP contribution in [0.25, 0.3) is 0 Å². The van der Waals surface area contributed by atoms with Crippen molar-refractivity contribution in [2.24, 2.45) is 11.7 Å². The smallest absolute Gasteiger partial charge is 0.272 e. The summed E-state index contributed by atoms with van der Waals surface area (Å²) in [4.78, 5) is 13.9. The third-order valence-corrected chi connectivity index (χ3v) is 3.12. The number of hydrogen-bond acceptors (Lipinski definition) is 3. The molecule has 1 aliphatic heterocycles. The van der Waals surface area contributed by atoms with Crippen molar-refractivity contribution < 1.29 is 4.79 Å². The molecule has 0 aliphatic carbocycles. The van der Waals surface area contributed by atoms with Gasteiger partial charge in [0.15, 0.2) is 0 Å². The van der Waals surface area contributed by atoms with Gasteiger partial charge < -0.3 is 10.6 Å². The van der Waals surface area contributed by atoms with Gasteiger partial charge in [-0.1, -0.05) is 6.92 Å². The number of H-pyrrole nitrogens is 1. The van der Waals surface area contributed by atoms with Crippen LogP contribution in [-0.4, -0.2) is 40.1 Å². The van der Waals surface area contributed by atoms with Crippen molar-refractivity contribution in [3.8, 4) is 0 Å². The lowest BCUT2D eigenvalue weighted by atomic mass is 10.0. The van der Waals surface area contributed by atoms with Crippen LogP contribution in [-0.2, 0) is 0 Å². The van der Waals surface area contributed by atoms with Crippen molar-refractivity contribution in [3.63, 3.8) is 0 Å². The molecule has 1 aromatic rings. The predicted octanol–water partition coefficient (Wildman–Crippen LogP) is 0.219. The predicted molar refractivity (Wildman–Crippen MR) is 56.2 cm³/mol. The Morgan fingerprint density at radius 1 is 1.80 bits per heavy atom. The number of amides is 1. The first-order valence-electron chi connectivity index (χ1n) is 5.24. The Kier molecular flexibility index (Phi) is 2.73. The van der Waals surface area contributed by atoms with Gasteiger partial charge in [-0.2, -0.15) is 5.10 Å². The second-order valence-corrected chi connectivity index (χ2v) is 4.04. The van der Waals surface area contributed by atoms with Gasteiger partial charge in [0.1, 0.15) is 5.69 Å². The van der Waals surface area contributed by atoms with Gasteiger partial charge in [0.2, 0.25) is 0 Å². The molecule has 15 heavy (non-hydrogen) atoms. The van der Waals surface area contributed by atoms with Gasteiger partial charge in [-0.25, -0.2) is 0 Å². The Balaban J connectivity index is 2.14. The average Bonchev–Trinajstić information content (AvgIpc) is 2.85. The van der Waals surface area contributed by atoms with Crippen molar-refractivity contribution in [1.29, 1.82) is 0 Å². The second kappa shape index (κ2) is 4.02. The normalized spacial score (nSPS) is 25.9. The zero-order chi connectivity index (χ0) is 10.8. The van der Waals surface area contributed by atoms with Gasteiger partial charge in [-0.3, -0.25) is 9.89 Å². The Morgan fingerprint density at radius 3 is 3.20 bits per heavy atom. The average molecular weight is 208 g/mol. The van der Waals surface area contributed by atoms with E-state index in [-0.39, 0.29) is 11.9 Å². The SMILES string of the molecule is CC1CCN(C(=O)c2ccn[nH]2)C1CN. The van der Waals surface area contributed by atoms with Crippen LogP contribution in [0.2, 0.25) is 0 Å². The minimum Gasteiger partial charge on any atom is -0.333 e. The van der Waals surface area contributed by atoms with Gasteiger partial charge in [-0.15, -0.1) is 0 Å². The maximum absolute atomic E-state index is 12.0. The molecular weight excluding hydrogens is 192 g/mol. The highest BCUT2D eigenvalue weighted by atomic mass is 16.2. The molecule has 2 unspecified atom stereocenters. The molecule has 1 aromatic heterocycles. The molecule has 5 nitrogen and oxygen atoms in total. The third kappa shape index (κ3) is 1.74. The maximum atomic E-state index is 12.0. The van der Waals surface area contributed by atoms with Crippen molar-refractivity contribution in [2.45, 2.75) is 19.4 Å². The first-order valence-corrected chi connectivity index (χ1v) is 5.24. The van der Waals surface area contributed by atoms with E-state index in [2.05, 4.69) is 17.1 Å². The molecule has 0 spiro atoms. The Morgan fingerprint density at radius 2 is 2.60 bits per heavy atom. The molecule has 3 N–H and O–H groups in total. The van der Waals surface area contributed by atoms with Gasteiger partial charge in [0.25, 0.3) is 5.91 Å². The molecule has 2 heterocycles. The lowest BCUT2D eigenvalue weighted by Crippen LogP contribution is -2.42. The molecule has 1 fully saturated rings. The molecule has 2 rings (SSSR count). The van der Waals surface area contributed by atoms with E-state index in [0.29, 0.717) is 18.2 Å². The number of nitrogens with zero attached hydrogens (tertiary/aromatic N) is 2. The zero-order valence-electron chi connectivity index (χ0n) is 8.81. The quantitative estimate of drug-likeness (QED) is 0.730. The van der Waals surface area contributed by atoms with Crippen LogP contribution in [0.4, 0.5) is 0 Å². The van der Waals surface area contributed by atoms with Crippen molar-refractivity contribution in [1.82, 2.24) is 15.1 Å². The zero-order valence-corrected chi connectivity index (χ0v) is 8.81. The highest BCUT2D eigenvalue weighted by Crippen LogP contribution is 2.24. The highest BCUT2D eigenvalue weighted by Gasteiger charge is 2.34. The Hall–Kier alpha value is -1.36. The van der Waals surface area contributed by atoms with E-state index >= 15 is 0 Å². The molecule has 2 atom stereocenters. The number of likely N-dealkylation sites (tertiary alicyclic amines) is 1. The topological polar surface area (TPSA) is 75.0 Å². The Labute approximate surface area is 88.6 Å². The van der Waals surface area contributed by atoms with Crippen molar-refractivity contribution in [2.75, 3.05) is 13.1 Å². The lowest BCUT2D eigenvalue weighted by Gasteiger charge is -2.25. The fourth-order valence-corrected chi connectivity index (χ4v) is 2.15. The van der Waals surface area contributed by atoms with Crippen LogP contribution in [0.5, 0.6) is 0 Å². The van der Waals surface area contributed by atoms with E-state index in [9.17, 15) is 4.79 Å². The molecule has 1 saturated heterocycles. The van der Waals surface area contributed by atoms with Crippen LogP contribution in [0.15, 0.2) is 12.3 Å². The third-order valence-electron chi connectivity index (χ3n) is 3.12. The number of aromatic amines is 1. The molecule has 0 radical (unpaired) electrons. The molecule has 1 amide bonds. The monoisotopic (exact) mass is 208 g/mol. The van der Waals surface area contributed by atoms with Gasteiger partial charge in [-0.05, 0) is 18.4 Å². The van der Waals surface area contributed by atoms with Crippen LogP contribution < -0.4 is 5.73 Å². The summed E-state index contributed by atoms with van der Waals surface area (Å²) in [5, 5.41) is 6.47. The van der Waals surface area contributed by atoms with Crippen LogP contribution in [0, 0.1) is 5.92 Å². The summed E-state index contributed by atoms with van der Waals surface area (Å²) < 4.78 is 0. The molecule has 0 saturated carbocycles. The standard InChI is InChI=1S/C10H16N4O/c1-7-3-5-14(9(7)6-11)10(15)8-2-4-12-13-8/h2,4,7,9H,3,5-6,11H2,1H3,(H,12,13). The minimum absolute atomic E-state index is 0.00676. The number of carbonyl (C=O) groups is 1. The summed E-state index contributed by atoms with van der Waals surface area (Å²) >= 11 is 0. The van der Waals surface area contributed by atoms with Gasteiger partial charge >= 0.3 is 0 Å². The molecule has 5 heteroatoms. The minimum atomic E-state index is 0.00676. The Bertz CT molecular complexity index is 335. The van der Waals surface area contributed by atoms with Crippen LogP contribution in [0.1, 0.15) is 23.8 Å². The first-order chi connectivity index (χ1) is 7.24. The van der Waals surface area contributed by atoms with Crippen molar-refractivity contribution >= 4 is 5.91 Å². The summed E-state index contributed by atoms with van der Waals surface area (Å²) in [6.07, 6.45) is 2.62. The maximum Gasteiger partial charge on any atom is 0.272 e. The number of aromatic nitrogens is 2. The van der Waals surface area contributed by atoms with E-state index in [1.54, 1.807) is 12.3 Å². The summed E-state index contributed by atoms with van der Waals surface area (Å²) in [5.74, 6) is 0.495. The fourth-order valence-electron chi connectivity index (χ4n) is 2.15. The molecule has 0 bridgehead atoms. The van der Waals surface area contributed by atoms with Gasteiger partial charge in [0, 0.05) is 25.3 Å². The van der Waals surface area contributed by atoms with E-state index in [0.717, 1.165) is 13.0 Å². The van der Waals surface area contributed by atoms with E-state index < -0.39 is 0 Å². The van der Waals surface area contributed by atoms with Gasteiger partial charge in [0.05, 0.1) is 0 Å². The summed E-state index contributed by atoms with van der Waals surface area (Å²) in [6, 6.07) is 1.86. The number of nitrogens with two attached hydrogens (primary N) is 1. The first kappa shape index (κ1) is 10.2. The van der Waals surface area contributed by atoms with E-state index in [1.165, 1.54) is 0 Å². The van der Waals surface area contributed by atoms with Crippen LogP contribution >= 0.6 is 0 Å². The van der Waals surface area contributed by atoms with Crippen LogP contribution in [0.3, 0.4) is 0 Å². The second-order valence-electron chi connectivity index (χ2n) is 4.04. The van der Waals surface area contributed by atoms with Crippen molar-refractivity contribution in [3.05, 3.63) is 18.0 Å². The largest absolute Gasteiger partial charge is 0.333 e. The fraction of sp³-hybridized carbons (Fsp3) is 0.600. The number of hydrogen-bond donors (Lipinski definition) is 2. The number of carbonyl (C=O) groups excluding carboxylic acids is 1. The molecule has 82 valence electrons. The van der Waals surface area contributed by atoms with E-state index in [4.69, 9.17) is 5.73 Å². The number of rotatable bonds is 2. The molecular formula is C10H16N4O. The van der Waals surface area contributed by atoms with E-state index in [1.807, 2.05) is 4.90 Å². The summed E-state index contributed by atoms with van der Waals surface area (Å²) in [5.41, 5.74) is 6.23. The number of nitrogens with one attached hydrogen (secondary N) is 1. The molecule has 1 aliphatic rings. The lowest BCUT2D eigenvalue weighted by molar-refractivity contribution is 0.0721. The molecule has 0 aromatic carbocycles. The summed E-state index contributed by atoms with van der Waals surface area (Å²) in [6.45, 7) is 3.46.